The van der Waals surface area contributed by atoms with Crippen molar-refractivity contribution in [3.8, 4) is 5.75 Å². The molecule has 1 atom stereocenters. The third-order valence-corrected chi connectivity index (χ3v) is 8.59. The van der Waals surface area contributed by atoms with Gasteiger partial charge in [-0.1, -0.05) is 54.4 Å². The van der Waals surface area contributed by atoms with E-state index in [-0.39, 0.29) is 17.3 Å². The van der Waals surface area contributed by atoms with Crippen LogP contribution in [-0.2, 0) is 26.2 Å². The largest absolute Gasteiger partial charge is 0.497 e. The summed E-state index contributed by atoms with van der Waals surface area (Å²) in [6.45, 7) is 8.78. The maximum atomic E-state index is 14.1. The van der Waals surface area contributed by atoms with Gasteiger partial charge in [-0.15, -0.1) is 0 Å². The molecule has 3 aromatic rings. The number of nitrogens with zero attached hydrogens (tertiary/aromatic N) is 2. The number of sulfonamides is 1. The van der Waals surface area contributed by atoms with Crippen LogP contribution in [0.25, 0.3) is 0 Å². The van der Waals surface area contributed by atoms with Gasteiger partial charge < -0.3 is 15.0 Å². The molecule has 3 rings (SSSR count). The molecule has 41 heavy (non-hydrogen) atoms. The lowest BCUT2D eigenvalue weighted by molar-refractivity contribution is -0.141. The monoisotopic (exact) mass is 599 g/mol. The van der Waals surface area contributed by atoms with Crippen LogP contribution in [-0.4, -0.2) is 50.4 Å². The maximum absolute atomic E-state index is 14.1. The summed E-state index contributed by atoms with van der Waals surface area (Å²) in [5.41, 5.74) is 1.37. The lowest BCUT2D eigenvalue weighted by atomic mass is 10.1. The zero-order valence-corrected chi connectivity index (χ0v) is 25.9. The van der Waals surface area contributed by atoms with Gasteiger partial charge in [-0.2, -0.15) is 0 Å². The average molecular weight is 600 g/mol. The Balaban J connectivity index is 2.08. The number of amides is 2. The number of methoxy groups -OCH3 is 1. The molecular formula is C31H38ClN3O5S. The molecule has 0 heterocycles. The fourth-order valence-electron chi connectivity index (χ4n) is 4.30. The standard InChI is InChI=1S/C31H38ClN3O5S/c1-7-28(30(37)33-31(3,4)5)34(20-23-10-8-9-11-27(23)32)29(36)21-35(24-14-12-22(2)13-15-24)41(38,39)26-18-16-25(40-6)17-19-26/h8-19,28H,7,20-21H2,1-6H3,(H,33,37). The Hall–Kier alpha value is -3.56. The Labute approximate surface area is 248 Å². The van der Waals surface area contributed by atoms with Crippen molar-refractivity contribution >= 4 is 39.1 Å². The number of rotatable bonds is 11. The van der Waals surface area contributed by atoms with Crippen LogP contribution in [0, 0.1) is 6.92 Å². The third-order valence-electron chi connectivity index (χ3n) is 6.43. The first kappa shape index (κ1) is 32.0. The summed E-state index contributed by atoms with van der Waals surface area (Å²) in [4.78, 5) is 28.9. The number of carbonyl (C=O) groups excluding carboxylic acids is 2. The number of nitrogens with one attached hydrogen (secondary N) is 1. The minimum Gasteiger partial charge on any atom is -0.497 e. The van der Waals surface area contributed by atoms with Crippen molar-refractivity contribution < 1.29 is 22.7 Å². The predicted octanol–water partition coefficient (Wildman–Crippen LogP) is 5.57. The van der Waals surface area contributed by atoms with E-state index in [0.717, 1.165) is 9.87 Å². The summed E-state index contributed by atoms with van der Waals surface area (Å²) < 4.78 is 34.2. The van der Waals surface area contributed by atoms with Crippen molar-refractivity contribution in [2.75, 3.05) is 18.0 Å². The van der Waals surface area contributed by atoms with Crippen LogP contribution in [0.15, 0.2) is 77.7 Å². The first-order chi connectivity index (χ1) is 19.3. The highest BCUT2D eigenvalue weighted by molar-refractivity contribution is 7.92. The fourth-order valence-corrected chi connectivity index (χ4v) is 5.91. The SMILES string of the molecule is CCC(C(=O)NC(C)(C)C)N(Cc1ccccc1Cl)C(=O)CN(c1ccc(C)cc1)S(=O)(=O)c1ccc(OC)cc1. The van der Waals surface area contributed by atoms with Gasteiger partial charge in [0, 0.05) is 17.1 Å². The van der Waals surface area contributed by atoms with E-state index in [2.05, 4.69) is 5.32 Å². The van der Waals surface area contributed by atoms with Crippen LogP contribution >= 0.6 is 11.6 Å². The zero-order valence-electron chi connectivity index (χ0n) is 24.3. The zero-order chi connectivity index (χ0) is 30.4. The number of hydrogen-bond donors (Lipinski definition) is 1. The Morgan fingerprint density at radius 2 is 1.59 bits per heavy atom. The van der Waals surface area contributed by atoms with E-state index in [9.17, 15) is 18.0 Å². The van der Waals surface area contributed by atoms with Gasteiger partial charge in [-0.25, -0.2) is 8.42 Å². The van der Waals surface area contributed by atoms with Gasteiger partial charge in [-0.3, -0.25) is 13.9 Å². The summed E-state index contributed by atoms with van der Waals surface area (Å²) in [6.07, 6.45) is 0.313. The summed E-state index contributed by atoms with van der Waals surface area (Å²) >= 11 is 6.45. The van der Waals surface area contributed by atoms with Gasteiger partial charge in [0.2, 0.25) is 11.8 Å². The lowest BCUT2D eigenvalue weighted by Gasteiger charge is -2.35. The number of halogens is 1. The molecule has 0 radical (unpaired) electrons. The minimum atomic E-state index is -4.18. The fraction of sp³-hybridized carbons (Fsp3) is 0.355. The van der Waals surface area contributed by atoms with E-state index in [1.165, 1.54) is 24.1 Å². The second-order valence-corrected chi connectivity index (χ2v) is 13.1. The van der Waals surface area contributed by atoms with Crippen LogP contribution in [0.2, 0.25) is 5.02 Å². The van der Waals surface area contributed by atoms with Crippen LogP contribution in [0.4, 0.5) is 5.69 Å². The van der Waals surface area contributed by atoms with Gasteiger partial charge in [-0.05, 0) is 82.1 Å². The molecule has 2 amide bonds. The van der Waals surface area contributed by atoms with Gasteiger partial charge in [0.25, 0.3) is 10.0 Å². The van der Waals surface area contributed by atoms with E-state index >= 15 is 0 Å². The number of anilines is 1. The average Bonchev–Trinajstić information content (AvgIpc) is 2.92. The first-order valence-corrected chi connectivity index (χ1v) is 15.2. The second-order valence-electron chi connectivity index (χ2n) is 10.8. The summed E-state index contributed by atoms with van der Waals surface area (Å²) in [6, 6.07) is 19.1. The summed E-state index contributed by atoms with van der Waals surface area (Å²) in [5, 5.41) is 3.40. The van der Waals surface area contributed by atoms with Crippen molar-refractivity contribution in [2.24, 2.45) is 0 Å². The summed E-state index contributed by atoms with van der Waals surface area (Å²) in [7, 11) is -2.69. The molecule has 0 aliphatic carbocycles. The minimum absolute atomic E-state index is 0.00171. The van der Waals surface area contributed by atoms with Crippen molar-refractivity contribution in [2.45, 2.75) is 64.1 Å². The predicted molar refractivity (Wildman–Crippen MR) is 163 cm³/mol. The van der Waals surface area contributed by atoms with Crippen molar-refractivity contribution in [1.82, 2.24) is 10.2 Å². The highest BCUT2D eigenvalue weighted by atomic mass is 35.5. The molecule has 220 valence electrons. The summed E-state index contributed by atoms with van der Waals surface area (Å²) in [5.74, 6) is -0.373. The van der Waals surface area contributed by atoms with E-state index in [4.69, 9.17) is 16.3 Å². The van der Waals surface area contributed by atoms with Crippen molar-refractivity contribution in [3.63, 3.8) is 0 Å². The molecule has 0 fully saturated rings. The van der Waals surface area contributed by atoms with Gasteiger partial charge in [0.05, 0.1) is 17.7 Å². The van der Waals surface area contributed by atoms with Crippen LogP contribution in [0.1, 0.15) is 45.2 Å². The molecule has 0 spiro atoms. The molecule has 0 saturated heterocycles. The molecule has 0 aromatic heterocycles. The molecule has 1 unspecified atom stereocenters. The van der Waals surface area contributed by atoms with Crippen LogP contribution in [0.3, 0.4) is 0 Å². The Bertz CT molecular complexity index is 1450. The maximum Gasteiger partial charge on any atom is 0.264 e. The van der Waals surface area contributed by atoms with E-state index in [1.54, 1.807) is 60.7 Å². The molecule has 0 bridgehead atoms. The normalized spacial score (nSPS) is 12.4. The number of carbonyl (C=O) groups is 2. The molecule has 10 heteroatoms. The van der Waals surface area contributed by atoms with Gasteiger partial charge >= 0.3 is 0 Å². The molecular weight excluding hydrogens is 562 g/mol. The molecule has 1 N–H and O–H groups in total. The molecule has 0 saturated carbocycles. The number of ether oxygens (including phenoxy) is 1. The third kappa shape index (κ3) is 8.24. The second kappa shape index (κ2) is 13.4. The van der Waals surface area contributed by atoms with E-state index in [1.807, 2.05) is 34.6 Å². The van der Waals surface area contributed by atoms with E-state index in [0.29, 0.717) is 28.4 Å². The Morgan fingerprint density at radius 3 is 2.12 bits per heavy atom. The van der Waals surface area contributed by atoms with Crippen LogP contribution < -0.4 is 14.4 Å². The Morgan fingerprint density at radius 1 is 0.976 bits per heavy atom. The number of benzene rings is 3. The lowest BCUT2D eigenvalue weighted by Crippen LogP contribution is -2.55. The molecule has 3 aromatic carbocycles. The van der Waals surface area contributed by atoms with E-state index < -0.39 is 34.1 Å². The quantitative estimate of drug-likeness (QED) is 0.311. The highest BCUT2D eigenvalue weighted by Crippen LogP contribution is 2.27. The number of hydrogen-bond acceptors (Lipinski definition) is 5. The smallest absolute Gasteiger partial charge is 0.264 e. The topological polar surface area (TPSA) is 96.0 Å². The van der Waals surface area contributed by atoms with Crippen molar-refractivity contribution in [1.29, 1.82) is 0 Å². The first-order valence-electron chi connectivity index (χ1n) is 13.3. The van der Waals surface area contributed by atoms with Gasteiger partial charge in [0.1, 0.15) is 18.3 Å². The molecule has 0 aliphatic heterocycles. The highest BCUT2D eigenvalue weighted by Gasteiger charge is 2.34. The molecule has 0 aliphatic rings. The van der Waals surface area contributed by atoms with Crippen molar-refractivity contribution in [3.05, 3.63) is 88.9 Å². The van der Waals surface area contributed by atoms with Crippen LogP contribution in [0.5, 0.6) is 5.75 Å². The van der Waals surface area contributed by atoms with Gasteiger partial charge in [0.15, 0.2) is 0 Å². The Kier molecular flexibility index (Phi) is 10.4. The number of aryl methyl sites for hydroxylation is 1. The molecule has 8 nitrogen and oxygen atoms in total.